The number of nitrogens with zero attached hydrogens (tertiary/aromatic N) is 4. The van der Waals surface area contributed by atoms with Crippen LogP contribution in [0, 0.1) is 0 Å². The molecule has 2 aromatic rings. The van der Waals surface area contributed by atoms with Crippen LogP contribution in [-0.4, -0.2) is 58.8 Å². The molecule has 1 aromatic heterocycles. The van der Waals surface area contributed by atoms with Gasteiger partial charge in [-0.1, -0.05) is 22.7 Å². The van der Waals surface area contributed by atoms with E-state index in [4.69, 9.17) is 4.74 Å². The number of rotatable bonds is 2. The topological polar surface area (TPSA) is 58.6 Å². The number of benzene rings is 1. The fourth-order valence-electron chi connectivity index (χ4n) is 3.64. The van der Waals surface area contributed by atoms with Crippen LogP contribution < -0.4 is 4.90 Å². The first-order chi connectivity index (χ1) is 11.8. The van der Waals surface area contributed by atoms with Crippen molar-refractivity contribution < 1.29 is 9.53 Å². The minimum atomic E-state index is -0.286. The number of carbonyl (C=O) groups excluding carboxylic acids is 1. The van der Waals surface area contributed by atoms with Crippen LogP contribution in [0.1, 0.15) is 23.3 Å². The summed E-state index contributed by atoms with van der Waals surface area (Å²) >= 11 is 1.21. The average Bonchev–Trinajstić information content (AvgIpc) is 3.17. The molecule has 3 heterocycles. The van der Waals surface area contributed by atoms with Crippen molar-refractivity contribution in [1.82, 2.24) is 14.5 Å². The Morgan fingerprint density at radius 2 is 2.08 bits per heavy atom. The summed E-state index contributed by atoms with van der Waals surface area (Å²) in [6.07, 6.45) is 2.05. The smallest absolute Gasteiger partial charge is 0.275 e. The molecule has 0 N–H and O–H groups in total. The fourth-order valence-corrected chi connectivity index (χ4v) is 4.07. The highest BCUT2D eigenvalue weighted by atomic mass is 32.1. The number of carbonyl (C=O) groups is 1. The number of amides is 1. The number of anilines is 1. The third-order valence-corrected chi connectivity index (χ3v) is 5.28. The molecule has 2 aliphatic rings. The highest BCUT2D eigenvalue weighted by molar-refractivity contribution is 7.03. The predicted molar refractivity (Wildman–Crippen MR) is 92.4 cm³/mol. The Morgan fingerprint density at radius 3 is 2.88 bits per heavy atom. The number of piperidine rings is 1. The van der Waals surface area contributed by atoms with Gasteiger partial charge in [-0.25, -0.2) is 0 Å². The third-order valence-electron chi connectivity index (χ3n) is 4.78. The van der Waals surface area contributed by atoms with Crippen LogP contribution in [0.5, 0.6) is 0 Å². The van der Waals surface area contributed by atoms with E-state index in [0.29, 0.717) is 25.4 Å². The number of hydrogen-bond acceptors (Lipinski definition) is 6. The zero-order chi connectivity index (χ0) is 16.4. The minimum absolute atomic E-state index is 0.0386. The van der Waals surface area contributed by atoms with E-state index in [1.807, 2.05) is 11.0 Å². The molecule has 1 aromatic carbocycles. The van der Waals surface area contributed by atoms with Gasteiger partial charge in [0.1, 0.15) is 5.60 Å². The Morgan fingerprint density at radius 1 is 1.21 bits per heavy atom. The highest BCUT2D eigenvalue weighted by Gasteiger charge is 2.42. The van der Waals surface area contributed by atoms with Gasteiger partial charge < -0.3 is 14.5 Å². The van der Waals surface area contributed by atoms with Crippen molar-refractivity contribution in [3.05, 3.63) is 41.4 Å². The number of para-hydroxylation sites is 1. The van der Waals surface area contributed by atoms with E-state index in [1.54, 1.807) is 5.38 Å². The molecule has 1 spiro atoms. The predicted octanol–water partition coefficient (Wildman–Crippen LogP) is 2.05. The van der Waals surface area contributed by atoms with Crippen molar-refractivity contribution in [2.24, 2.45) is 0 Å². The lowest BCUT2D eigenvalue weighted by Crippen LogP contribution is -2.60. The summed E-state index contributed by atoms with van der Waals surface area (Å²) in [6, 6.07) is 10.4. The van der Waals surface area contributed by atoms with Gasteiger partial charge in [0, 0.05) is 30.7 Å². The second-order valence-corrected chi connectivity index (χ2v) is 7.02. The second kappa shape index (κ2) is 6.49. The van der Waals surface area contributed by atoms with Crippen molar-refractivity contribution in [3.63, 3.8) is 0 Å². The van der Waals surface area contributed by atoms with Crippen LogP contribution in [0.15, 0.2) is 35.7 Å². The third kappa shape index (κ3) is 3.01. The summed E-state index contributed by atoms with van der Waals surface area (Å²) < 4.78 is 9.99. The van der Waals surface area contributed by atoms with E-state index in [1.165, 1.54) is 17.2 Å². The molecule has 4 rings (SSSR count). The highest BCUT2D eigenvalue weighted by Crippen LogP contribution is 2.32. The lowest BCUT2D eigenvalue weighted by atomic mass is 9.90. The SMILES string of the molecule is O=C(c1csnn1)N1CCOC2(CCCN(c3ccccc3)C2)C1. The van der Waals surface area contributed by atoms with Crippen molar-refractivity contribution in [3.8, 4) is 0 Å². The Balaban J connectivity index is 1.50. The lowest BCUT2D eigenvalue weighted by Gasteiger charge is -2.48. The van der Waals surface area contributed by atoms with Crippen LogP contribution in [0.2, 0.25) is 0 Å². The van der Waals surface area contributed by atoms with Crippen LogP contribution in [-0.2, 0) is 4.74 Å². The first-order valence-electron chi connectivity index (χ1n) is 8.26. The summed E-state index contributed by atoms with van der Waals surface area (Å²) in [5, 5.41) is 5.62. The molecule has 0 aliphatic carbocycles. The molecule has 2 saturated heterocycles. The molecule has 24 heavy (non-hydrogen) atoms. The number of aromatic nitrogens is 2. The summed E-state index contributed by atoms with van der Waals surface area (Å²) in [6.45, 7) is 3.65. The van der Waals surface area contributed by atoms with Gasteiger partial charge in [0.25, 0.3) is 5.91 Å². The van der Waals surface area contributed by atoms with E-state index in [-0.39, 0.29) is 11.5 Å². The van der Waals surface area contributed by atoms with Gasteiger partial charge in [-0.05, 0) is 36.5 Å². The van der Waals surface area contributed by atoms with Gasteiger partial charge >= 0.3 is 0 Å². The molecule has 0 bridgehead atoms. The maximum absolute atomic E-state index is 12.6. The number of ether oxygens (including phenoxy) is 1. The standard InChI is InChI=1S/C17H20N4O2S/c22-16(15-11-24-19-18-15)21-9-10-23-17(13-21)7-4-8-20(12-17)14-5-2-1-3-6-14/h1-3,5-6,11H,4,7-10,12-13H2. The summed E-state index contributed by atoms with van der Waals surface area (Å²) in [5.74, 6) is -0.0386. The maximum Gasteiger partial charge on any atom is 0.275 e. The fraction of sp³-hybridized carbons (Fsp3) is 0.471. The van der Waals surface area contributed by atoms with Gasteiger partial charge in [0.2, 0.25) is 0 Å². The molecule has 7 heteroatoms. The monoisotopic (exact) mass is 344 g/mol. The van der Waals surface area contributed by atoms with Crippen molar-refractivity contribution >= 4 is 23.1 Å². The number of hydrogen-bond donors (Lipinski definition) is 0. The largest absolute Gasteiger partial charge is 0.369 e. The normalized spacial score (nSPS) is 24.3. The average molecular weight is 344 g/mol. The summed E-state index contributed by atoms with van der Waals surface area (Å²) in [5.41, 5.74) is 1.37. The molecule has 1 atom stereocenters. The van der Waals surface area contributed by atoms with Crippen molar-refractivity contribution in [2.45, 2.75) is 18.4 Å². The molecule has 6 nitrogen and oxygen atoms in total. The van der Waals surface area contributed by atoms with E-state index in [9.17, 15) is 4.79 Å². The van der Waals surface area contributed by atoms with Crippen molar-refractivity contribution in [2.75, 3.05) is 37.7 Å². The van der Waals surface area contributed by atoms with Crippen LogP contribution in [0.25, 0.3) is 0 Å². The molecular weight excluding hydrogens is 324 g/mol. The lowest BCUT2D eigenvalue weighted by molar-refractivity contribution is -0.105. The molecule has 2 aliphatic heterocycles. The van der Waals surface area contributed by atoms with E-state index in [2.05, 4.69) is 38.8 Å². The first-order valence-corrected chi connectivity index (χ1v) is 9.10. The second-order valence-electron chi connectivity index (χ2n) is 6.41. The molecule has 0 radical (unpaired) electrons. The Bertz CT molecular complexity index is 690. The van der Waals surface area contributed by atoms with Gasteiger partial charge in [-0.15, -0.1) is 5.10 Å². The van der Waals surface area contributed by atoms with E-state index < -0.39 is 0 Å². The zero-order valence-electron chi connectivity index (χ0n) is 13.4. The molecule has 126 valence electrons. The van der Waals surface area contributed by atoms with Crippen LogP contribution >= 0.6 is 11.5 Å². The van der Waals surface area contributed by atoms with E-state index in [0.717, 1.165) is 25.9 Å². The van der Waals surface area contributed by atoms with Gasteiger partial charge in [-0.3, -0.25) is 4.79 Å². The molecule has 0 saturated carbocycles. The Hall–Kier alpha value is -1.99. The van der Waals surface area contributed by atoms with E-state index >= 15 is 0 Å². The number of morpholine rings is 1. The minimum Gasteiger partial charge on any atom is -0.369 e. The molecule has 2 fully saturated rings. The van der Waals surface area contributed by atoms with Gasteiger partial charge in [0.05, 0.1) is 13.2 Å². The van der Waals surface area contributed by atoms with Gasteiger partial charge in [0.15, 0.2) is 5.69 Å². The quantitative estimate of drug-likeness (QED) is 0.834. The molecular formula is C17H20N4O2S. The Kier molecular flexibility index (Phi) is 4.20. The summed E-state index contributed by atoms with van der Waals surface area (Å²) in [4.78, 5) is 16.8. The van der Waals surface area contributed by atoms with Crippen LogP contribution in [0.4, 0.5) is 5.69 Å². The van der Waals surface area contributed by atoms with Crippen LogP contribution in [0.3, 0.4) is 0 Å². The van der Waals surface area contributed by atoms with Gasteiger partial charge in [-0.2, -0.15) is 0 Å². The maximum atomic E-state index is 12.6. The molecule has 1 amide bonds. The first kappa shape index (κ1) is 15.5. The molecule has 1 unspecified atom stereocenters. The summed E-state index contributed by atoms with van der Waals surface area (Å²) in [7, 11) is 0. The Labute approximate surface area is 145 Å². The van der Waals surface area contributed by atoms with Crippen molar-refractivity contribution in [1.29, 1.82) is 0 Å². The zero-order valence-corrected chi connectivity index (χ0v) is 14.2.